The first-order valence-corrected chi connectivity index (χ1v) is 6.99. The second kappa shape index (κ2) is 5.56. The van der Waals surface area contributed by atoms with E-state index in [-0.39, 0.29) is 0 Å². The van der Waals surface area contributed by atoms with Gasteiger partial charge in [-0.15, -0.1) is 0 Å². The highest BCUT2D eigenvalue weighted by molar-refractivity contribution is 6.32. The molecule has 0 saturated heterocycles. The number of fused-ring (bicyclic) bond motifs is 1. The summed E-state index contributed by atoms with van der Waals surface area (Å²) in [6.45, 7) is 2.54. The summed E-state index contributed by atoms with van der Waals surface area (Å²) in [6, 6.07) is 21.5. The molecular weight excluding hydrogens is 268 g/mol. The molecule has 99 valence electrons. The number of halogens is 1. The van der Waals surface area contributed by atoms with E-state index in [4.69, 9.17) is 16.3 Å². The van der Waals surface area contributed by atoms with Crippen molar-refractivity contribution in [2.24, 2.45) is 0 Å². The van der Waals surface area contributed by atoms with Gasteiger partial charge in [-0.05, 0) is 47.0 Å². The van der Waals surface area contributed by atoms with Gasteiger partial charge in [-0.2, -0.15) is 0 Å². The lowest BCUT2D eigenvalue weighted by molar-refractivity contribution is 0.340. The van der Waals surface area contributed by atoms with Gasteiger partial charge in [0, 0.05) is 0 Å². The molecule has 3 rings (SSSR count). The summed E-state index contributed by atoms with van der Waals surface area (Å²) >= 11 is 6.12. The zero-order valence-corrected chi connectivity index (χ0v) is 11.9. The van der Waals surface area contributed by atoms with Gasteiger partial charge in [-0.25, -0.2) is 0 Å². The number of benzene rings is 3. The molecule has 0 saturated carbocycles. The predicted octanol–water partition coefficient (Wildman–Crippen LogP) is 5.36. The zero-order chi connectivity index (χ0) is 13.9. The average Bonchev–Trinajstić information content (AvgIpc) is 2.49. The minimum Gasteiger partial charge on any atom is -0.492 e. The molecule has 0 unspecified atom stereocenters. The van der Waals surface area contributed by atoms with E-state index in [1.54, 1.807) is 6.07 Å². The number of hydrogen-bond donors (Lipinski definition) is 0. The molecule has 20 heavy (non-hydrogen) atoms. The first kappa shape index (κ1) is 13.0. The molecular formula is C18H14ClO. The fraction of sp³-hybridized carbons (Fsp3) is 0.111. The van der Waals surface area contributed by atoms with E-state index < -0.39 is 0 Å². The first-order chi connectivity index (χ1) is 9.79. The Hall–Kier alpha value is -1.99. The van der Waals surface area contributed by atoms with Gasteiger partial charge in [0.05, 0.1) is 11.6 Å². The van der Waals surface area contributed by atoms with Crippen LogP contribution in [0.3, 0.4) is 0 Å². The molecule has 0 aliphatic heterocycles. The minimum atomic E-state index is 0.593. The molecule has 2 heteroatoms. The lowest BCUT2D eigenvalue weighted by Gasteiger charge is -2.10. The summed E-state index contributed by atoms with van der Waals surface area (Å²) in [6.07, 6.45) is 0. The van der Waals surface area contributed by atoms with Crippen LogP contribution < -0.4 is 4.74 Å². The van der Waals surface area contributed by atoms with Gasteiger partial charge in [0.1, 0.15) is 5.75 Å². The Balaban J connectivity index is 2.18. The van der Waals surface area contributed by atoms with Crippen molar-refractivity contribution < 1.29 is 4.74 Å². The third kappa shape index (κ3) is 2.37. The molecule has 0 spiro atoms. The van der Waals surface area contributed by atoms with Gasteiger partial charge in [-0.1, -0.05) is 54.1 Å². The van der Waals surface area contributed by atoms with E-state index in [2.05, 4.69) is 36.4 Å². The SMILES string of the molecule is CCOc1cc(-c2cccc3ccccc23)[c]cc1Cl. The topological polar surface area (TPSA) is 9.23 Å². The monoisotopic (exact) mass is 281 g/mol. The Kier molecular flexibility index (Phi) is 3.62. The Labute approximate surface area is 123 Å². The Morgan fingerprint density at radius 3 is 2.75 bits per heavy atom. The van der Waals surface area contributed by atoms with Crippen LogP contribution in [-0.4, -0.2) is 6.61 Å². The summed E-state index contributed by atoms with van der Waals surface area (Å²) in [5.41, 5.74) is 2.13. The maximum absolute atomic E-state index is 6.12. The van der Waals surface area contributed by atoms with Crippen LogP contribution >= 0.6 is 11.6 Å². The van der Waals surface area contributed by atoms with Gasteiger partial charge in [0.25, 0.3) is 0 Å². The molecule has 0 aromatic heterocycles. The van der Waals surface area contributed by atoms with E-state index >= 15 is 0 Å². The third-order valence-electron chi connectivity index (χ3n) is 3.24. The van der Waals surface area contributed by atoms with Gasteiger partial charge in [0.15, 0.2) is 0 Å². The summed E-state index contributed by atoms with van der Waals surface area (Å²) in [5, 5.41) is 3.01. The molecule has 0 N–H and O–H groups in total. The van der Waals surface area contributed by atoms with Crippen molar-refractivity contribution in [2.45, 2.75) is 6.92 Å². The Bertz CT molecular complexity index is 744. The molecule has 0 amide bonds. The van der Waals surface area contributed by atoms with Crippen molar-refractivity contribution in [2.75, 3.05) is 6.61 Å². The standard InChI is InChI=1S/C18H14ClO/c1-2-20-18-12-14(10-11-17(18)19)16-9-5-7-13-6-3-4-8-15(13)16/h3-9,11-12H,2H2,1H3. The molecule has 3 aromatic carbocycles. The molecule has 0 atom stereocenters. The van der Waals surface area contributed by atoms with Crippen LogP contribution in [0.4, 0.5) is 0 Å². The lowest BCUT2D eigenvalue weighted by Crippen LogP contribution is -1.93. The van der Waals surface area contributed by atoms with Gasteiger partial charge < -0.3 is 4.74 Å². The Morgan fingerprint density at radius 1 is 1.10 bits per heavy atom. The average molecular weight is 282 g/mol. The largest absolute Gasteiger partial charge is 0.492 e. The summed E-state index contributed by atoms with van der Waals surface area (Å²) in [4.78, 5) is 0. The van der Waals surface area contributed by atoms with Crippen LogP contribution in [0.25, 0.3) is 21.9 Å². The summed E-state index contributed by atoms with van der Waals surface area (Å²) in [7, 11) is 0. The predicted molar refractivity (Wildman–Crippen MR) is 84.4 cm³/mol. The second-order valence-electron chi connectivity index (χ2n) is 4.52. The highest BCUT2D eigenvalue weighted by Gasteiger charge is 2.07. The normalized spacial score (nSPS) is 10.7. The van der Waals surface area contributed by atoms with Crippen molar-refractivity contribution in [3.05, 3.63) is 65.7 Å². The van der Waals surface area contributed by atoms with Crippen molar-refractivity contribution >= 4 is 22.4 Å². The van der Waals surface area contributed by atoms with Gasteiger partial charge in [-0.3, -0.25) is 0 Å². The number of rotatable bonds is 3. The molecule has 3 aromatic rings. The number of hydrogen-bond acceptors (Lipinski definition) is 1. The molecule has 0 fully saturated rings. The van der Waals surface area contributed by atoms with Crippen LogP contribution in [0, 0.1) is 6.07 Å². The molecule has 1 radical (unpaired) electrons. The van der Waals surface area contributed by atoms with Crippen LogP contribution in [0.2, 0.25) is 5.02 Å². The van der Waals surface area contributed by atoms with Crippen LogP contribution in [0.15, 0.2) is 54.6 Å². The van der Waals surface area contributed by atoms with E-state index in [9.17, 15) is 0 Å². The smallest absolute Gasteiger partial charge is 0.138 e. The number of ether oxygens (including phenoxy) is 1. The van der Waals surface area contributed by atoms with E-state index in [0.29, 0.717) is 17.4 Å². The molecule has 1 nitrogen and oxygen atoms in total. The van der Waals surface area contributed by atoms with E-state index in [1.165, 1.54) is 10.8 Å². The maximum atomic E-state index is 6.12. The van der Waals surface area contributed by atoms with Gasteiger partial charge in [0.2, 0.25) is 0 Å². The zero-order valence-electron chi connectivity index (χ0n) is 11.2. The fourth-order valence-corrected chi connectivity index (χ4v) is 2.50. The van der Waals surface area contributed by atoms with Crippen molar-refractivity contribution in [1.82, 2.24) is 0 Å². The minimum absolute atomic E-state index is 0.593. The van der Waals surface area contributed by atoms with Gasteiger partial charge >= 0.3 is 0 Å². The molecule has 0 bridgehead atoms. The van der Waals surface area contributed by atoms with Crippen molar-refractivity contribution in [3.63, 3.8) is 0 Å². The first-order valence-electron chi connectivity index (χ1n) is 6.61. The second-order valence-corrected chi connectivity index (χ2v) is 4.93. The summed E-state index contributed by atoms with van der Waals surface area (Å²) < 4.78 is 5.56. The quantitative estimate of drug-likeness (QED) is 0.628. The van der Waals surface area contributed by atoms with E-state index in [1.807, 2.05) is 25.1 Å². The van der Waals surface area contributed by atoms with E-state index in [0.717, 1.165) is 11.1 Å². The molecule has 0 heterocycles. The Morgan fingerprint density at radius 2 is 1.90 bits per heavy atom. The summed E-state index contributed by atoms with van der Waals surface area (Å²) in [5.74, 6) is 0.704. The molecule has 0 aliphatic rings. The van der Waals surface area contributed by atoms with Crippen LogP contribution in [-0.2, 0) is 0 Å². The van der Waals surface area contributed by atoms with Crippen molar-refractivity contribution in [1.29, 1.82) is 0 Å². The maximum Gasteiger partial charge on any atom is 0.138 e. The fourth-order valence-electron chi connectivity index (χ4n) is 2.34. The highest BCUT2D eigenvalue weighted by atomic mass is 35.5. The van der Waals surface area contributed by atoms with Crippen LogP contribution in [0.1, 0.15) is 6.92 Å². The van der Waals surface area contributed by atoms with Crippen LogP contribution in [0.5, 0.6) is 5.75 Å². The third-order valence-corrected chi connectivity index (χ3v) is 3.54. The highest BCUT2D eigenvalue weighted by Crippen LogP contribution is 2.33. The van der Waals surface area contributed by atoms with Crippen molar-refractivity contribution in [3.8, 4) is 16.9 Å². The lowest BCUT2D eigenvalue weighted by atomic mass is 9.98. The molecule has 0 aliphatic carbocycles.